The van der Waals surface area contributed by atoms with Crippen LogP contribution in [0, 0.1) is 5.92 Å². The molecular weight excluding hydrogens is 430 g/mol. The number of aromatic nitrogens is 1. The van der Waals surface area contributed by atoms with E-state index in [2.05, 4.69) is 28.4 Å². The molecule has 1 fully saturated rings. The predicted octanol–water partition coefficient (Wildman–Crippen LogP) is 5.57. The molecule has 3 heterocycles. The minimum absolute atomic E-state index is 0.0480. The number of para-hydroxylation sites is 3. The van der Waals surface area contributed by atoms with Gasteiger partial charge in [-0.1, -0.05) is 59.9 Å². The lowest BCUT2D eigenvalue weighted by atomic mass is 9.87. The summed E-state index contributed by atoms with van der Waals surface area (Å²) in [5, 5.41) is 4.36. The molecule has 1 N–H and O–H groups in total. The highest BCUT2D eigenvalue weighted by Gasteiger charge is 2.32. The maximum absolute atomic E-state index is 13.4. The topological polar surface area (TPSA) is 54.5 Å². The number of fused-ring (bicyclic) bond motifs is 3. The van der Waals surface area contributed by atoms with Crippen molar-refractivity contribution in [3.05, 3.63) is 83.9 Å². The Hall–Kier alpha value is -3.38. The zero-order valence-corrected chi connectivity index (χ0v) is 19.1. The smallest absolute Gasteiger partial charge is 0.232 e. The van der Waals surface area contributed by atoms with Gasteiger partial charge in [0, 0.05) is 30.8 Å². The van der Waals surface area contributed by atoms with Gasteiger partial charge in [-0.25, -0.2) is 4.98 Å². The fourth-order valence-electron chi connectivity index (χ4n) is 4.86. The molecule has 0 atom stereocenters. The maximum Gasteiger partial charge on any atom is 0.232 e. The molecule has 0 unspecified atom stereocenters. The van der Waals surface area contributed by atoms with Crippen LogP contribution in [0.25, 0.3) is 10.2 Å². The third kappa shape index (κ3) is 3.85. The number of carbonyl (C=O) groups is 1. The molecule has 0 bridgehead atoms. The van der Waals surface area contributed by atoms with Gasteiger partial charge in [0.1, 0.15) is 11.5 Å². The lowest BCUT2D eigenvalue weighted by Crippen LogP contribution is -2.40. The first kappa shape index (κ1) is 20.2. The molecule has 5 nitrogen and oxygen atoms in total. The molecule has 1 amide bonds. The van der Waals surface area contributed by atoms with E-state index in [-0.39, 0.29) is 11.8 Å². The lowest BCUT2D eigenvalue weighted by Gasteiger charge is -2.32. The van der Waals surface area contributed by atoms with Gasteiger partial charge in [-0.15, -0.1) is 0 Å². The Labute approximate surface area is 197 Å². The first-order valence-electron chi connectivity index (χ1n) is 11.5. The van der Waals surface area contributed by atoms with Crippen LogP contribution >= 0.6 is 11.3 Å². The minimum atomic E-state index is -0.339. The summed E-state index contributed by atoms with van der Waals surface area (Å²) in [5.74, 6) is 1.71. The van der Waals surface area contributed by atoms with Crippen LogP contribution in [0.4, 0.5) is 5.13 Å². The van der Waals surface area contributed by atoms with Crippen LogP contribution in [-0.2, 0) is 4.79 Å². The van der Waals surface area contributed by atoms with E-state index in [0.717, 1.165) is 59.2 Å². The van der Waals surface area contributed by atoms with E-state index in [9.17, 15) is 4.79 Å². The van der Waals surface area contributed by atoms with Crippen molar-refractivity contribution < 1.29 is 9.53 Å². The fourth-order valence-corrected chi connectivity index (χ4v) is 5.88. The average molecular weight is 456 g/mol. The number of nitrogens with one attached hydrogen (secondary N) is 1. The standard InChI is InChI=1S/C27H25N3O2S/c31-26(25-19-7-1-4-10-22(19)32-23-11-5-2-8-20(23)25)28-17-18-13-15-30(16-14-18)27-29-21-9-3-6-12-24(21)33-27/h1-12,18,25H,13-17H2,(H,28,31). The lowest BCUT2D eigenvalue weighted by molar-refractivity contribution is -0.122. The Kier molecular flexibility index (Phi) is 5.23. The van der Waals surface area contributed by atoms with Gasteiger partial charge in [0.25, 0.3) is 0 Å². The molecule has 6 rings (SSSR count). The third-order valence-corrected chi connectivity index (χ3v) is 7.77. The average Bonchev–Trinajstić information content (AvgIpc) is 3.30. The van der Waals surface area contributed by atoms with E-state index in [1.54, 1.807) is 11.3 Å². The summed E-state index contributed by atoms with van der Waals surface area (Å²) in [5.41, 5.74) is 2.93. The number of anilines is 1. The van der Waals surface area contributed by atoms with Gasteiger partial charge in [-0.2, -0.15) is 0 Å². The number of amides is 1. The van der Waals surface area contributed by atoms with Crippen molar-refractivity contribution in [2.45, 2.75) is 18.8 Å². The SMILES string of the molecule is O=C(NCC1CCN(c2nc3ccccc3s2)CC1)C1c2ccccc2Oc2ccccc21. The zero-order valence-electron chi connectivity index (χ0n) is 18.2. The summed E-state index contributed by atoms with van der Waals surface area (Å²) in [6.45, 7) is 2.65. The maximum atomic E-state index is 13.4. The summed E-state index contributed by atoms with van der Waals surface area (Å²) in [4.78, 5) is 20.6. The van der Waals surface area contributed by atoms with Crippen LogP contribution in [0.1, 0.15) is 29.9 Å². The number of ether oxygens (including phenoxy) is 1. The van der Waals surface area contributed by atoms with Crippen molar-refractivity contribution >= 4 is 32.6 Å². The van der Waals surface area contributed by atoms with Gasteiger partial charge >= 0.3 is 0 Å². The van der Waals surface area contributed by atoms with Crippen LogP contribution < -0.4 is 15.0 Å². The Morgan fingerprint density at radius 3 is 2.27 bits per heavy atom. The van der Waals surface area contributed by atoms with E-state index < -0.39 is 0 Å². The number of hydrogen-bond donors (Lipinski definition) is 1. The first-order chi connectivity index (χ1) is 16.3. The molecule has 0 aliphatic carbocycles. The van der Waals surface area contributed by atoms with E-state index in [1.165, 1.54) is 4.70 Å². The van der Waals surface area contributed by atoms with Crippen molar-refractivity contribution in [3.63, 3.8) is 0 Å². The summed E-state index contributed by atoms with van der Waals surface area (Å²) >= 11 is 1.76. The molecule has 1 saturated heterocycles. The van der Waals surface area contributed by atoms with Crippen LogP contribution in [0.2, 0.25) is 0 Å². The molecule has 2 aliphatic rings. The summed E-state index contributed by atoms with van der Waals surface area (Å²) in [6.07, 6.45) is 2.11. The molecule has 3 aromatic carbocycles. The van der Waals surface area contributed by atoms with Crippen molar-refractivity contribution in [2.75, 3.05) is 24.5 Å². The Balaban J connectivity index is 1.11. The molecule has 166 valence electrons. The third-order valence-electron chi connectivity index (χ3n) is 6.67. The van der Waals surface area contributed by atoms with Gasteiger partial charge < -0.3 is 15.0 Å². The summed E-state index contributed by atoms with van der Waals surface area (Å²) in [7, 11) is 0. The number of piperidine rings is 1. The molecule has 0 spiro atoms. The second kappa shape index (κ2) is 8.52. The van der Waals surface area contributed by atoms with Gasteiger partial charge in [-0.05, 0) is 43.0 Å². The van der Waals surface area contributed by atoms with Gasteiger partial charge in [0.2, 0.25) is 5.91 Å². The van der Waals surface area contributed by atoms with E-state index in [0.29, 0.717) is 12.5 Å². The van der Waals surface area contributed by atoms with Crippen molar-refractivity contribution in [3.8, 4) is 11.5 Å². The second-order valence-electron chi connectivity index (χ2n) is 8.75. The largest absolute Gasteiger partial charge is 0.457 e. The van der Waals surface area contributed by atoms with Gasteiger partial charge in [0.05, 0.1) is 16.1 Å². The molecule has 6 heteroatoms. The van der Waals surface area contributed by atoms with Crippen LogP contribution in [0.5, 0.6) is 11.5 Å². The number of nitrogens with zero attached hydrogens (tertiary/aromatic N) is 2. The fraction of sp³-hybridized carbons (Fsp3) is 0.259. The molecule has 0 saturated carbocycles. The molecule has 2 aliphatic heterocycles. The molecule has 4 aromatic rings. The number of hydrogen-bond acceptors (Lipinski definition) is 5. The van der Waals surface area contributed by atoms with E-state index in [4.69, 9.17) is 9.72 Å². The Morgan fingerprint density at radius 1 is 0.939 bits per heavy atom. The number of carbonyl (C=O) groups excluding carboxylic acids is 1. The number of rotatable bonds is 4. The molecule has 0 radical (unpaired) electrons. The van der Waals surface area contributed by atoms with Crippen LogP contribution in [0.3, 0.4) is 0 Å². The quantitative estimate of drug-likeness (QED) is 0.437. The van der Waals surface area contributed by atoms with E-state index >= 15 is 0 Å². The summed E-state index contributed by atoms with van der Waals surface area (Å²) in [6, 6.07) is 24.0. The van der Waals surface area contributed by atoms with Gasteiger partial charge in [0.15, 0.2) is 5.13 Å². The monoisotopic (exact) mass is 455 g/mol. The molecule has 1 aromatic heterocycles. The van der Waals surface area contributed by atoms with E-state index in [1.807, 2.05) is 54.6 Å². The Morgan fingerprint density at radius 2 is 1.58 bits per heavy atom. The highest BCUT2D eigenvalue weighted by atomic mass is 32.1. The summed E-state index contributed by atoms with van der Waals surface area (Å²) < 4.78 is 7.27. The molecule has 33 heavy (non-hydrogen) atoms. The minimum Gasteiger partial charge on any atom is -0.457 e. The number of benzene rings is 3. The highest BCUT2D eigenvalue weighted by molar-refractivity contribution is 7.22. The van der Waals surface area contributed by atoms with Crippen molar-refractivity contribution in [2.24, 2.45) is 5.92 Å². The molecular formula is C27H25N3O2S. The van der Waals surface area contributed by atoms with Crippen LogP contribution in [0.15, 0.2) is 72.8 Å². The van der Waals surface area contributed by atoms with Gasteiger partial charge in [-0.3, -0.25) is 4.79 Å². The predicted molar refractivity (Wildman–Crippen MR) is 132 cm³/mol. The number of thiazole rings is 1. The first-order valence-corrected chi connectivity index (χ1v) is 12.3. The van der Waals surface area contributed by atoms with Crippen LogP contribution in [-0.4, -0.2) is 30.5 Å². The Bertz CT molecular complexity index is 1230. The highest BCUT2D eigenvalue weighted by Crippen LogP contribution is 2.44. The zero-order chi connectivity index (χ0) is 22.2. The van der Waals surface area contributed by atoms with Crippen molar-refractivity contribution in [1.82, 2.24) is 10.3 Å². The normalized spacial score (nSPS) is 16.2. The second-order valence-corrected chi connectivity index (χ2v) is 9.76. The van der Waals surface area contributed by atoms with Crippen molar-refractivity contribution in [1.29, 1.82) is 0 Å².